The smallest absolute Gasteiger partial charge is 0.746 e. The minimum Gasteiger partial charge on any atom is -0.746 e. The van der Waals surface area contributed by atoms with E-state index >= 15 is 0 Å². The average molecular weight is 276 g/mol. The van der Waals surface area contributed by atoms with Crippen molar-refractivity contribution in [2.75, 3.05) is 0 Å². The Morgan fingerprint density at radius 2 is 1.50 bits per heavy atom. The molecular formula is C10H21KO4S. The summed E-state index contributed by atoms with van der Waals surface area (Å²) < 4.78 is 31.0. The van der Waals surface area contributed by atoms with Gasteiger partial charge < -0.3 is 9.66 Å². The fourth-order valence-electron chi connectivity index (χ4n) is 1.42. The Morgan fingerprint density at radius 3 is 1.94 bits per heavy atom. The SMILES string of the molecule is CCCCCCCCCC(O)S(=O)(=O)[O-].[K+]. The minimum absolute atomic E-state index is 0. The number of hydrogen-bond acceptors (Lipinski definition) is 4. The molecule has 0 aromatic rings. The van der Waals surface area contributed by atoms with Crippen molar-refractivity contribution in [3.8, 4) is 0 Å². The Bertz CT molecular complexity index is 241. The van der Waals surface area contributed by atoms with Crippen molar-refractivity contribution in [3.63, 3.8) is 0 Å². The van der Waals surface area contributed by atoms with Crippen LogP contribution in [-0.2, 0) is 10.1 Å². The molecule has 0 saturated carbocycles. The van der Waals surface area contributed by atoms with E-state index in [4.69, 9.17) is 5.11 Å². The standard InChI is InChI=1S/C10H22O4S.K/c1-2-3-4-5-6-7-8-9-10(11)15(12,13)14;/h10-11H,2-9H2,1H3,(H,12,13,14);/q;+1/p-1. The summed E-state index contributed by atoms with van der Waals surface area (Å²) in [4.78, 5) is 0. The number of unbranched alkanes of at least 4 members (excludes halogenated alkanes) is 6. The second-order valence-electron chi connectivity index (χ2n) is 3.86. The number of hydrogen-bond donors (Lipinski definition) is 1. The average Bonchev–Trinajstić information content (AvgIpc) is 2.14. The van der Waals surface area contributed by atoms with Gasteiger partial charge in [-0.1, -0.05) is 45.4 Å². The van der Waals surface area contributed by atoms with Gasteiger partial charge in [0.1, 0.15) is 15.6 Å². The van der Waals surface area contributed by atoms with E-state index in [2.05, 4.69) is 6.92 Å². The molecule has 0 aliphatic rings. The van der Waals surface area contributed by atoms with Crippen molar-refractivity contribution in [2.24, 2.45) is 0 Å². The third-order valence-electron chi connectivity index (χ3n) is 2.39. The van der Waals surface area contributed by atoms with Gasteiger partial charge in [-0.3, -0.25) is 0 Å². The topological polar surface area (TPSA) is 77.4 Å². The molecule has 0 aromatic heterocycles. The first-order valence-corrected chi connectivity index (χ1v) is 7.08. The second kappa shape index (κ2) is 11.6. The molecule has 0 aliphatic carbocycles. The van der Waals surface area contributed by atoms with E-state index in [0.29, 0.717) is 6.42 Å². The summed E-state index contributed by atoms with van der Waals surface area (Å²) in [6.45, 7) is 2.15. The maximum atomic E-state index is 10.3. The van der Waals surface area contributed by atoms with Gasteiger partial charge in [-0.15, -0.1) is 0 Å². The van der Waals surface area contributed by atoms with E-state index in [1.165, 1.54) is 19.3 Å². The van der Waals surface area contributed by atoms with Gasteiger partial charge >= 0.3 is 51.4 Å². The molecule has 0 rings (SSSR count). The third kappa shape index (κ3) is 12.0. The molecule has 1 N–H and O–H groups in total. The molecule has 0 aromatic carbocycles. The molecule has 92 valence electrons. The van der Waals surface area contributed by atoms with Gasteiger partial charge in [0, 0.05) is 0 Å². The Morgan fingerprint density at radius 1 is 1.06 bits per heavy atom. The molecule has 0 bridgehead atoms. The summed E-state index contributed by atoms with van der Waals surface area (Å²) in [6.07, 6.45) is 7.40. The first kappa shape index (κ1) is 19.8. The summed E-state index contributed by atoms with van der Waals surface area (Å²) in [5.41, 5.74) is -1.71. The first-order chi connectivity index (χ1) is 6.98. The van der Waals surface area contributed by atoms with E-state index in [0.717, 1.165) is 19.3 Å². The van der Waals surface area contributed by atoms with Crippen molar-refractivity contribution in [2.45, 2.75) is 63.7 Å². The summed E-state index contributed by atoms with van der Waals surface area (Å²) in [6, 6.07) is 0. The molecule has 6 heteroatoms. The summed E-state index contributed by atoms with van der Waals surface area (Å²) in [7, 11) is -4.50. The van der Waals surface area contributed by atoms with Gasteiger partial charge in [0.2, 0.25) is 0 Å². The van der Waals surface area contributed by atoms with Crippen LogP contribution in [0.3, 0.4) is 0 Å². The van der Waals surface area contributed by atoms with Crippen LogP contribution in [0.25, 0.3) is 0 Å². The van der Waals surface area contributed by atoms with E-state index < -0.39 is 15.6 Å². The predicted molar refractivity (Wildman–Crippen MR) is 58.3 cm³/mol. The molecule has 1 unspecified atom stereocenters. The molecule has 0 saturated heterocycles. The van der Waals surface area contributed by atoms with Gasteiger partial charge in [-0.25, -0.2) is 8.42 Å². The van der Waals surface area contributed by atoms with Crippen molar-refractivity contribution >= 4 is 10.1 Å². The van der Waals surface area contributed by atoms with Crippen LogP contribution in [0.5, 0.6) is 0 Å². The van der Waals surface area contributed by atoms with Crippen LogP contribution in [-0.4, -0.2) is 23.5 Å². The maximum absolute atomic E-state index is 10.3. The largest absolute Gasteiger partial charge is 1.00 e. The van der Waals surface area contributed by atoms with Gasteiger partial charge in [0.25, 0.3) is 0 Å². The van der Waals surface area contributed by atoms with Gasteiger partial charge in [-0.2, -0.15) is 0 Å². The third-order valence-corrected chi connectivity index (χ3v) is 3.29. The van der Waals surface area contributed by atoms with Crippen LogP contribution in [0.2, 0.25) is 0 Å². The predicted octanol–water partition coefficient (Wildman–Crippen LogP) is -1.01. The molecule has 16 heavy (non-hydrogen) atoms. The molecule has 4 nitrogen and oxygen atoms in total. The van der Waals surface area contributed by atoms with E-state index in [1.807, 2.05) is 0 Å². The Balaban J connectivity index is 0. The Labute approximate surface area is 141 Å². The summed E-state index contributed by atoms with van der Waals surface area (Å²) in [5.74, 6) is 0. The van der Waals surface area contributed by atoms with Crippen LogP contribution in [0.15, 0.2) is 0 Å². The number of aliphatic hydroxyl groups is 1. The second-order valence-corrected chi connectivity index (χ2v) is 5.39. The van der Waals surface area contributed by atoms with E-state index in [9.17, 15) is 13.0 Å². The number of aliphatic hydroxyl groups excluding tert-OH is 1. The summed E-state index contributed by atoms with van der Waals surface area (Å²) >= 11 is 0. The normalized spacial score (nSPS) is 13.2. The summed E-state index contributed by atoms with van der Waals surface area (Å²) in [5, 5.41) is 8.93. The molecule has 0 fully saturated rings. The van der Waals surface area contributed by atoms with Crippen LogP contribution in [0.4, 0.5) is 0 Å². The fourth-order valence-corrected chi connectivity index (χ4v) is 1.88. The zero-order chi connectivity index (χ0) is 11.7. The van der Waals surface area contributed by atoms with E-state index in [1.54, 1.807) is 0 Å². The molecular weight excluding hydrogens is 255 g/mol. The van der Waals surface area contributed by atoms with Crippen molar-refractivity contribution in [3.05, 3.63) is 0 Å². The van der Waals surface area contributed by atoms with Gasteiger partial charge in [0.05, 0.1) is 0 Å². The fraction of sp³-hybridized carbons (Fsp3) is 1.00. The molecule has 0 heterocycles. The quantitative estimate of drug-likeness (QED) is 0.333. The van der Waals surface area contributed by atoms with Gasteiger partial charge in [-0.05, 0) is 12.8 Å². The van der Waals surface area contributed by atoms with Crippen molar-refractivity contribution in [1.29, 1.82) is 0 Å². The van der Waals surface area contributed by atoms with Crippen LogP contribution >= 0.6 is 0 Å². The van der Waals surface area contributed by atoms with Gasteiger partial charge in [0.15, 0.2) is 0 Å². The maximum Gasteiger partial charge on any atom is 1.00 e. The molecule has 0 aliphatic heterocycles. The van der Waals surface area contributed by atoms with Crippen LogP contribution in [0, 0.1) is 0 Å². The Kier molecular flexibility index (Phi) is 14.4. The molecule has 0 amide bonds. The zero-order valence-electron chi connectivity index (χ0n) is 10.3. The minimum atomic E-state index is -4.50. The molecule has 1 atom stereocenters. The Hall–Kier alpha value is 1.51. The number of rotatable bonds is 9. The van der Waals surface area contributed by atoms with Crippen molar-refractivity contribution < 1.29 is 69.5 Å². The molecule has 0 spiro atoms. The molecule has 0 radical (unpaired) electrons. The van der Waals surface area contributed by atoms with E-state index in [-0.39, 0.29) is 57.8 Å². The van der Waals surface area contributed by atoms with Crippen LogP contribution in [0.1, 0.15) is 58.3 Å². The van der Waals surface area contributed by atoms with Crippen LogP contribution < -0.4 is 51.4 Å². The van der Waals surface area contributed by atoms with Crippen molar-refractivity contribution in [1.82, 2.24) is 0 Å². The zero-order valence-corrected chi connectivity index (χ0v) is 14.3. The first-order valence-electron chi connectivity index (χ1n) is 5.61. The monoisotopic (exact) mass is 276 g/mol.